The molecule has 4 saturated heterocycles. The Hall–Kier alpha value is -3.38. The van der Waals surface area contributed by atoms with Crippen LogP contribution in [0.5, 0.6) is 0 Å². The van der Waals surface area contributed by atoms with Gasteiger partial charge in [-0.3, -0.25) is 62.6 Å². The van der Waals surface area contributed by atoms with Gasteiger partial charge in [0, 0.05) is 106 Å². The highest BCUT2D eigenvalue weighted by molar-refractivity contribution is 8.02. The molecule has 22 heteroatoms. The summed E-state index contributed by atoms with van der Waals surface area (Å²) in [4.78, 5) is 136. The van der Waals surface area contributed by atoms with E-state index in [1.807, 2.05) is 62.3 Å². The van der Waals surface area contributed by atoms with Crippen molar-refractivity contribution in [3.63, 3.8) is 0 Å². The summed E-state index contributed by atoms with van der Waals surface area (Å²) >= 11 is 5.14. The number of allylic oxidation sites excluding steroid dienone is 1. The average Bonchev–Trinajstić information content (AvgIpc) is 4.01. The molecule has 456 valence electrons. The van der Waals surface area contributed by atoms with E-state index in [1.165, 1.54) is 61.7 Å². The second-order valence-electron chi connectivity index (χ2n) is 25.7. The molecule has 4 heterocycles. The minimum Gasteiger partial charge on any atom is -0.381 e. The third-order valence-electron chi connectivity index (χ3n) is 14.5. The van der Waals surface area contributed by atoms with Crippen LogP contribution in [0.15, 0.2) is 24.4 Å². The molecular formula is C59H92N4O14S4. The van der Waals surface area contributed by atoms with Crippen LogP contribution in [0, 0.1) is 27.1 Å². The summed E-state index contributed by atoms with van der Waals surface area (Å²) in [7, 11) is 0. The van der Waals surface area contributed by atoms with Gasteiger partial charge < -0.3 is 23.8 Å². The Bertz CT molecular complexity index is 2000. The minimum absolute atomic E-state index is 0.00731. The number of ether oxygens (including phenoxy) is 4. The second kappa shape index (κ2) is 31.1. The van der Waals surface area contributed by atoms with E-state index in [0.29, 0.717) is 50.1 Å². The van der Waals surface area contributed by atoms with Crippen LogP contribution in [0.1, 0.15) is 134 Å². The maximum absolute atomic E-state index is 13.5. The number of ketones is 3. The van der Waals surface area contributed by atoms with Crippen LogP contribution in [0.3, 0.4) is 0 Å². The lowest BCUT2D eigenvalue weighted by Gasteiger charge is -2.33. The first-order chi connectivity index (χ1) is 37.7. The van der Waals surface area contributed by atoms with Crippen molar-refractivity contribution in [3.05, 3.63) is 24.4 Å². The van der Waals surface area contributed by atoms with Crippen molar-refractivity contribution in [1.29, 1.82) is 0 Å². The summed E-state index contributed by atoms with van der Waals surface area (Å²) in [6.45, 7) is 32.5. The minimum atomic E-state index is -0.980. The lowest BCUT2D eigenvalue weighted by Crippen LogP contribution is -2.43. The SMILES string of the molecule is C=C1CC(SCC(=O)C(C)(C)C)C(=O)N1CCCOCC(COCCCN1C(=O)CC(SCC(=C)C(C)(C)C)C1=O)(COCCCN1C(=O)CC(SCC(=O)C(C)(C)C)C1=O)COCCCN1C(=O)CC(SCC(=O)C(C)(C)C)C1=O. The van der Waals surface area contributed by atoms with E-state index in [0.717, 1.165) is 5.57 Å². The molecule has 0 aromatic carbocycles. The zero-order chi connectivity index (χ0) is 60.7. The molecule has 0 saturated carbocycles. The smallest absolute Gasteiger partial charge is 0.242 e. The van der Waals surface area contributed by atoms with E-state index in [4.69, 9.17) is 18.9 Å². The van der Waals surface area contributed by atoms with E-state index < -0.39 is 42.7 Å². The molecule has 4 atom stereocenters. The van der Waals surface area contributed by atoms with Gasteiger partial charge in [-0.25, -0.2) is 0 Å². The molecule has 4 aliphatic rings. The summed E-state index contributed by atoms with van der Waals surface area (Å²) in [6.07, 6.45) is 2.02. The highest BCUT2D eigenvalue weighted by Gasteiger charge is 2.43. The number of carbonyl (C=O) groups is 10. The lowest BCUT2D eigenvalue weighted by molar-refractivity contribution is -0.140. The number of imide groups is 3. The Balaban J connectivity index is 1.45. The Morgan fingerprint density at radius 3 is 0.963 bits per heavy atom. The van der Waals surface area contributed by atoms with Gasteiger partial charge in [-0.1, -0.05) is 102 Å². The van der Waals surface area contributed by atoms with Crippen LogP contribution < -0.4 is 0 Å². The number of hydrogen-bond acceptors (Lipinski definition) is 18. The highest BCUT2D eigenvalue weighted by atomic mass is 32.2. The predicted octanol–water partition coefficient (Wildman–Crippen LogP) is 7.48. The predicted molar refractivity (Wildman–Crippen MR) is 321 cm³/mol. The molecule has 4 unspecified atom stereocenters. The summed E-state index contributed by atoms with van der Waals surface area (Å²) in [5, 5.41) is -2.16. The maximum Gasteiger partial charge on any atom is 0.242 e. The van der Waals surface area contributed by atoms with Gasteiger partial charge in [-0.05, 0) is 31.1 Å². The number of rotatable bonds is 36. The molecule has 81 heavy (non-hydrogen) atoms. The fourth-order valence-corrected chi connectivity index (χ4v) is 13.9. The standard InChI is InChI=1S/C59H92N4O14S4/c1-39(55(3,4)5)31-78-42-28-48(67)61(52(42)71)20-16-24-75-36-59(35-74-23-15-19-60-40(2)27-41(51(60)70)79-32-45(64)56(6,7)8,37-76-25-17-21-62-49(68)29-43(53(62)72)80-33-46(65)57(9,10)11)38-77-26-18-22-63-50(69)30-44(54(63)73)81-34-47(66)58(12,13)14/h41-44H,1-2,15-38H2,3-14H3. The maximum atomic E-state index is 13.5. The molecule has 4 fully saturated rings. The van der Waals surface area contributed by atoms with Crippen LogP contribution in [-0.4, -0.2) is 201 Å². The van der Waals surface area contributed by atoms with Crippen LogP contribution in [0.4, 0.5) is 0 Å². The molecule has 4 rings (SSSR count). The zero-order valence-corrected chi connectivity index (χ0v) is 53.6. The van der Waals surface area contributed by atoms with Gasteiger partial charge in [0.05, 0.1) is 70.1 Å². The normalized spacial score (nSPS) is 21.2. The van der Waals surface area contributed by atoms with E-state index in [-0.39, 0.29) is 173 Å². The average molecular weight is 1210 g/mol. The molecular weight excluding hydrogens is 1120 g/mol. The Morgan fingerprint density at radius 1 is 0.420 bits per heavy atom. The Morgan fingerprint density at radius 2 is 0.679 bits per heavy atom. The first kappa shape index (κ1) is 70.1. The second-order valence-corrected chi connectivity index (χ2v) is 30.5. The molecule has 18 nitrogen and oxygen atoms in total. The van der Waals surface area contributed by atoms with E-state index in [2.05, 4.69) is 33.9 Å². The number of amides is 7. The van der Waals surface area contributed by atoms with Crippen LogP contribution in [0.2, 0.25) is 0 Å². The Labute approximate surface area is 498 Å². The first-order valence-corrected chi connectivity index (χ1v) is 32.4. The van der Waals surface area contributed by atoms with Crippen molar-refractivity contribution < 1.29 is 66.9 Å². The molecule has 0 aromatic heterocycles. The highest BCUT2D eigenvalue weighted by Crippen LogP contribution is 2.35. The number of nitrogens with zero attached hydrogens (tertiary/aromatic N) is 4. The summed E-state index contributed by atoms with van der Waals surface area (Å²) in [6, 6.07) is 0. The number of hydrogen-bond donors (Lipinski definition) is 0. The van der Waals surface area contributed by atoms with E-state index in [1.54, 1.807) is 4.90 Å². The molecule has 0 spiro atoms. The lowest BCUT2D eigenvalue weighted by atomic mass is 9.89. The number of likely N-dealkylation sites (tertiary alicyclic amines) is 4. The Kier molecular flexibility index (Phi) is 27.0. The molecule has 0 N–H and O–H groups in total. The number of thioether (sulfide) groups is 4. The van der Waals surface area contributed by atoms with Crippen molar-refractivity contribution >= 4 is 106 Å². The van der Waals surface area contributed by atoms with Gasteiger partial charge in [0.25, 0.3) is 0 Å². The van der Waals surface area contributed by atoms with Gasteiger partial charge in [0.1, 0.15) is 17.3 Å². The zero-order valence-electron chi connectivity index (χ0n) is 50.3. The summed E-state index contributed by atoms with van der Waals surface area (Å²) in [5.41, 5.74) is -1.09. The van der Waals surface area contributed by atoms with Gasteiger partial charge in [-0.2, -0.15) is 0 Å². The van der Waals surface area contributed by atoms with Crippen LogP contribution in [0.25, 0.3) is 0 Å². The van der Waals surface area contributed by atoms with Crippen molar-refractivity contribution in [3.8, 4) is 0 Å². The molecule has 0 aliphatic carbocycles. The number of Topliss-reactive ketones (excluding diaryl/α,β-unsaturated/α-hetero) is 3. The largest absolute Gasteiger partial charge is 0.381 e. The van der Waals surface area contributed by atoms with E-state index in [9.17, 15) is 47.9 Å². The van der Waals surface area contributed by atoms with Crippen LogP contribution in [-0.2, 0) is 66.9 Å². The quantitative estimate of drug-likeness (QED) is 0.0337. The van der Waals surface area contributed by atoms with Crippen molar-refractivity contribution in [2.75, 3.05) is 102 Å². The molecule has 0 aromatic rings. The van der Waals surface area contributed by atoms with Gasteiger partial charge in [0.2, 0.25) is 41.4 Å². The van der Waals surface area contributed by atoms with Crippen molar-refractivity contribution in [2.45, 2.75) is 155 Å². The molecule has 7 amide bonds. The first-order valence-electron chi connectivity index (χ1n) is 28.2. The van der Waals surface area contributed by atoms with Gasteiger partial charge >= 0.3 is 0 Å². The van der Waals surface area contributed by atoms with E-state index >= 15 is 0 Å². The van der Waals surface area contributed by atoms with Crippen molar-refractivity contribution in [2.24, 2.45) is 27.1 Å². The fraction of sp³-hybridized carbons (Fsp3) is 0.763. The topological polar surface area (TPSA) is 221 Å². The summed E-state index contributed by atoms with van der Waals surface area (Å²) in [5.74, 6) is -0.758. The van der Waals surface area contributed by atoms with Gasteiger partial charge in [0.15, 0.2) is 0 Å². The number of carbonyl (C=O) groups excluding carboxylic acids is 10. The van der Waals surface area contributed by atoms with Crippen molar-refractivity contribution in [1.82, 2.24) is 19.6 Å². The fourth-order valence-electron chi connectivity index (χ4n) is 8.49. The molecule has 4 aliphatic heterocycles. The third-order valence-corrected chi connectivity index (χ3v) is 19.4. The van der Waals surface area contributed by atoms with Crippen LogP contribution >= 0.6 is 47.0 Å². The monoisotopic (exact) mass is 1210 g/mol. The molecule has 0 bridgehead atoms. The summed E-state index contributed by atoms with van der Waals surface area (Å²) < 4.78 is 25.4. The van der Waals surface area contributed by atoms with Gasteiger partial charge in [-0.15, -0.1) is 47.0 Å². The third kappa shape index (κ3) is 21.6. The molecule has 0 radical (unpaired) electrons.